The molecular formula is C13H15ClN2O2S2. The van der Waals surface area contributed by atoms with Crippen molar-refractivity contribution < 1.29 is 8.42 Å². The molecule has 0 aliphatic carbocycles. The van der Waals surface area contributed by atoms with E-state index in [2.05, 4.69) is 4.72 Å². The molecule has 0 aliphatic rings. The molecule has 0 aliphatic heterocycles. The number of hydrogen-bond donors (Lipinski definition) is 2. The molecule has 0 bridgehead atoms. The van der Waals surface area contributed by atoms with Crippen LogP contribution in [0.2, 0.25) is 5.02 Å². The lowest BCUT2D eigenvalue weighted by Gasteiger charge is -2.10. The third kappa shape index (κ3) is 3.15. The number of thiophene rings is 1. The van der Waals surface area contributed by atoms with Crippen LogP contribution in [0, 0.1) is 13.8 Å². The Hall–Kier alpha value is -1.08. The van der Waals surface area contributed by atoms with Crippen molar-refractivity contribution in [3.63, 3.8) is 0 Å². The Morgan fingerprint density at radius 3 is 2.55 bits per heavy atom. The summed E-state index contributed by atoms with van der Waals surface area (Å²) in [5, 5.41) is 2.32. The fourth-order valence-electron chi connectivity index (χ4n) is 1.75. The maximum absolute atomic E-state index is 12.2. The van der Waals surface area contributed by atoms with Gasteiger partial charge in [-0.1, -0.05) is 11.6 Å². The van der Waals surface area contributed by atoms with Crippen molar-refractivity contribution in [1.29, 1.82) is 0 Å². The van der Waals surface area contributed by atoms with E-state index in [9.17, 15) is 8.42 Å². The Balaban J connectivity index is 2.25. The number of nitrogens with one attached hydrogen (secondary N) is 1. The molecule has 4 nitrogen and oxygen atoms in total. The van der Waals surface area contributed by atoms with Gasteiger partial charge in [0.1, 0.15) is 0 Å². The average Bonchev–Trinajstić information content (AvgIpc) is 2.78. The van der Waals surface area contributed by atoms with Gasteiger partial charge in [0.25, 0.3) is 0 Å². The first kappa shape index (κ1) is 15.3. The summed E-state index contributed by atoms with van der Waals surface area (Å²) in [5.74, 6) is 0. The van der Waals surface area contributed by atoms with Crippen LogP contribution in [0.1, 0.15) is 16.0 Å². The fourth-order valence-corrected chi connectivity index (χ4v) is 3.91. The summed E-state index contributed by atoms with van der Waals surface area (Å²) in [7, 11) is -3.60. The first-order valence-corrected chi connectivity index (χ1v) is 8.63. The summed E-state index contributed by atoms with van der Waals surface area (Å²) in [6, 6.07) is 4.85. The van der Waals surface area contributed by atoms with Crippen LogP contribution in [-0.2, 0) is 16.6 Å². The SMILES string of the molecule is Cc1ccsc1CNS(=O)(=O)c1cc(C)c(Cl)c(N)c1. The molecule has 0 saturated heterocycles. The van der Waals surface area contributed by atoms with Crippen molar-refractivity contribution in [2.75, 3.05) is 5.73 Å². The molecule has 0 radical (unpaired) electrons. The minimum atomic E-state index is -3.60. The summed E-state index contributed by atoms with van der Waals surface area (Å²) >= 11 is 7.46. The third-order valence-electron chi connectivity index (χ3n) is 2.96. The number of nitrogen functional groups attached to an aromatic ring is 1. The van der Waals surface area contributed by atoms with Gasteiger partial charge >= 0.3 is 0 Å². The molecule has 1 heterocycles. The minimum Gasteiger partial charge on any atom is -0.397 e. The number of nitrogens with two attached hydrogens (primary N) is 1. The molecule has 1 aromatic heterocycles. The summed E-state index contributed by atoms with van der Waals surface area (Å²) < 4.78 is 27.1. The number of anilines is 1. The number of aryl methyl sites for hydroxylation is 2. The van der Waals surface area contributed by atoms with Crippen LogP contribution in [-0.4, -0.2) is 8.42 Å². The molecule has 0 saturated carbocycles. The number of halogens is 1. The summed E-state index contributed by atoms with van der Waals surface area (Å²) in [6.07, 6.45) is 0. The van der Waals surface area contributed by atoms with Crippen LogP contribution in [0.25, 0.3) is 0 Å². The van der Waals surface area contributed by atoms with Crippen molar-refractivity contribution in [3.8, 4) is 0 Å². The topological polar surface area (TPSA) is 72.2 Å². The van der Waals surface area contributed by atoms with Gasteiger partial charge < -0.3 is 5.73 Å². The zero-order valence-corrected chi connectivity index (χ0v) is 13.5. The maximum atomic E-state index is 12.2. The van der Waals surface area contributed by atoms with E-state index in [0.717, 1.165) is 10.4 Å². The molecule has 0 spiro atoms. The molecule has 0 amide bonds. The van der Waals surface area contributed by atoms with E-state index >= 15 is 0 Å². The van der Waals surface area contributed by atoms with Gasteiger partial charge in [-0.25, -0.2) is 13.1 Å². The van der Waals surface area contributed by atoms with Crippen LogP contribution in [0.5, 0.6) is 0 Å². The van der Waals surface area contributed by atoms with Gasteiger partial charge in [0.15, 0.2) is 0 Å². The van der Waals surface area contributed by atoms with Crippen LogP contribution in [0.4, 0.5) is 5.69 Å². The van der Waals surface area contributed by atoms with Gasteiger partial charge in [-0.15, -0.1) is 11.3 Å². The zero-order chi connectivity index (χ0) is 14.9. The predicted octanol–water partition coefficient (Wildman–Crippen LogP) is 3.08. The highest BCUT2D eigenvalue weighted by molar-refractivity contribution is 7.89. The van der Waals surface area contributed by atoms with Gasteiger partial charge in [-0.05, 0) is 48.6 Å². The number of sulfonamides is 1. The van der Waals surface area contributed by atoms with Crippen molar-refractivity contribution in [1.82, 2.24) is 4.72 Å². The molecule has 2 rings (SSSR count). The van der Waals surface area contributed by atoms with E-state index in [4.69, 9.17) is 17.3 Å². The van der Waals surface area contributed by atoms with Crippen LogP contribution < -0.4 is 10.5 Å². The Morgan fingerprint density at radius 2 is 2.00 bits per heavy atom. The van der Waals surface area contributed by atoms with Gasteiger partial charge in [0, 0.05) is 11.4 Å². The second kappa shape index (κ2) is 5.73. The number of benzene rings is 1. The Morgan fingerprint density at radius 1 is 1.30 bits per heavy atom. The lowest BCUT2D eigenvalue weighted by molar-refractivity contribution is 0.581. The van der Waals surface area contributed by atoms with E-state index in [1.54, 1.807) is 6.92 Å². The second-order valence-electron chi connectivity index (χ2n) is 4.49. The van der Waals surface area contributed by atoms with Crippen molar-refractivity contribution in [2.24, 2.45) is 0 Å². The van der Waals surface area contributed by atoms with E-state index in [-0.39, 0.29) is 17.1 Å². The number of hydrogen-bond acceptors (Lipinski definition) is 4. The molecule has 2 aromatic rings. The highest BCUT2D eigenvalue weighted by atomic mass is 35.5. The van der Waals surface area contributed by atoms with Gasteiger partial charge in [0.2, 0.25) is 10.0 Å². The molecule has 3 N–H and O–H groups in total. The Bertz CT molecular complexity index is 716. The normalized spacial score (nSPS) is 11.8. The van der Waals surface area contributed by atoms with E-state index < -0.39 is 10.0 Å². The lowest BCUT2D eigenvalue weighted by Crippen LogP contribution is -2.23. The fraction of sp³-hybridized carbons (Fsp3) is 0.231. The molecule has 20 heavy (non-hydrogen) atoms. The molecular weight excluding hydrogens is 316 g/mol. The third-order valence-corrected chi connectivity index (χ3v) is 5.88. The monoisotopic (exact) mass is 330 g/mol. The Labute approximate surface area is 127 Å². The first-order valence-electron chi connectivity index (χ1n) is 5.89. The molecule has 7 heteroatoms. The summed E-state index contributed by atoms with van der Waals surface area (Å²) in [6.45, 7) is 3.94. The van der Waals surface area contributed by atoms with Gasteiger partial charge in [-0.2, -0.15) is 0 Å². The molecule has 0 atom stereocenters. The maximum Gasteiger partial charge on any atom is 0.240 e. The van der Waals surface area contributed by atoms with Crippen molar-refractivity contribution >= 4 is 38.6 Å². The van der Waals surface area contributed by atoms with Gasteiger partial charge in [0.05, 0.1) is 15.6 Å². The predicted molar refractivity (Wildman–Crippen MR) is 83.7 cm³/mol. The summed E-state index contributed by atoms with van der Waals surface area (Å²) in [5.41, 5.74) is 7.69. The first-order chi connectivity index (χ1) is 9.31. The van der Waals surface area contributed by atoms with Crippen molar-refractivity contribution in [3.05, 3.63) is 44.6 Å². The van der Waals surface area contributed by atoms with E-state index in [0.29, 0.717) is 10.6 Å². The van der Waals surface area contributed by atoms with Crippen molar-refractivity contribution in [2.45, 2.75) is 25.3 Å². The van der Waals surface area contributed by atoms with E-state index in [1.807, 2.05) is 18.4 Å². The zero-order valence-electron chi connectivity index (χ0n) is 11.1. The van der Waals surface area contributed by atoms with Crippen LogP contribution in [0.3, 0.4) is 0 Å². The molecule has 0 fully saturated rings. The smallest absolute Gasteiger partial charge is 0.240 e. The highest BCUT2D eigenvalue weighted by Crippen LogP contribution is 2.27. The molecule has 1 aromatic carbocycles. The number of rotatable bonds is 4. The van der Waals surface area contributed by atoms with Crippen LogP contribution >= 0.6 is 22.9 Å². The quantitative estimate of drug-likeness (QED) is 0.846. The second-order valence-corrected chi connectivity index (χ2v) is 7.64. The Kier molecular flexibility index (Phi) is 4.39. The largest absolute Gasteiger partial charge is 0.397 e. The standard InChI is InChI=1S/C13H15ClN2O2S2/c1-8-3-4-19-12(8)7-16-20(17,18)10-5-9(2)13(14)11(15)6-10/h3-6,16H,7,15H2,1-2H3. The lowest BCUT2D eigenvalue weighted by atomic mass is 10.2. The summed E-state index contributed by atoms with van der Waals surface area (Å²) in [4.78, 5) is 1.12. The highest BCUT2D eigenvalue weighted by Gasteiger charge is 2.17. The van der Waals surface area contributed by atoms with E-state index in [1.165, 1.54) is 23.5 Å². The minimum absolute atomic E-state index is 0.131. The van der Waals surface area contributed by atoms with Gasteiger partial charge in [-0.3, -0.25) is 0 Å². The average molecular weight is 331 g/mol. The molecule has 0 unspecified atom stereocenters. The van der Waals surface area contributed by atoms with Crippen LogP contribution in [0.15, 0.2) is 28.5 Å². The molecule has 108 valence electrons.